The lowest BCUT2D eigenvalue weighted by molar-refractivity contribution is -0.122. The predicted molar refractivity (Wildman–Crippen MR) is 102 cm³/mol. The molecule has 5 nitrogen and oxygen atoms in total. The van der Waals surface area contributed by atoms with Crippen LogP contribution in [0.3, 0.4) is 0 Å². The molecule has 1 atom stereocenters. The normalized spacial score (nSPS) is 21.4. The first-order valence-corrected chi connectivity index (χ1v) is 9.62. The van der Waals surface area contributed by atoms with E-state index >= 15 is 0 Å². The summed E-state index contributed by atoms with van der Waals surface area (Å²) in [5, 5.41) is 7.27. The molecule has 2 aliphatic rings. The summed E-state index contributed by atoms with van der Waals surface area (Å²) in [6.45, 7) is 3.88. The standard InChI is InChI=1S/C19H28ClN3O2/c1-25-18-4-3-15(20)12-17(18)23-11-8-16(13-23)22-19(24)5-2-14-6-9-21-10-7-14/h3-4,12,14,16,21H,2,5-11,13H2,1H3,(H,22,24). The first-order valence-electron chi connectivity index (χ1n) is 9.24. The molecule has 1 unspecified atom stereocenters. The van der Waals surface area contributed by atoms with Crippen LogP contribution >= 0.6 is 11.6 Å². The minimum absolute atomic E-state index is 0.184. The Kier molecular flexibility index (Phi) is 6.43. The topological polar surface area (TPSA) is 53.6 Å². The molecule has 1 aromatic rings. The van der Waals surface area contributed by atoms with Crippen molar-refractivity contribution in [2.45, 2.75) is 38.1 Å². The molecule has 2 N–H and O–H groups in total. The fourth-order valence-electron chi connectivity index (χ4n) is 3.81. The molecule has 2 fully saturated rings. The number of rotatable bonds is 6. The summed E-state index contributed by atoms with van der Waals surface area (Å²) in [5.74, 6) is 1.70. The van der Waals surface area contributed by atoms with E-state index < -0.39 is 0 Å². The van der Waals surface area contributed by atoms with Gasteiger partial charge >= 0.3 is 0 Å². The molecule has 0 bridgehead atoms. The average molecular weight is 366 g/mol. The van der Waals surface area contributed by atoms with Crippen molar-refractivity contribution in [1.29, 1.82) is 0 Å². The Hall–Kier alpha value is -1.46. The van der Waals surface area contributed by atoms with Gasteiger partial charge in [-0.25, -0.2) is 0 Å². The third kappa shape index (κ3) is 5.02. The number of piperidine rings is 1. The maximum absolute atomic E-state index is 12.3. The quantitative estimate of drug-likeness (QED) is 0.814. The smallest absolute Gasteiger partial charge is 0.220 e. The number of amides is 1. The highest BCUT2D eigenvalue weighted by Crippen LogP contribution is 2.33. The highest BCUT2D eigenvalue weighted by atomic mass is 35.5. The lowest BCUT2D eigenvalue weighted by Gasteiger charge is -2.23. The van der Waals surface area contributed by atoms with Crippen LogP contribution in [0.1, 0.15) is 32.1 Å². The number of benzene rings is 1. The number of nitrogens with zero attached hydrogens (tertiary/aromatic N) is 1. The molecule has 138 valence electrons. The molecule has 0 radical (unpaired) electrons. The first-order chi connectivity index (χ1) is 12.2. The number of nitrogens with one attached hydrogen (secondary N) is 2. The third-order valence-corrected chi connectivity index (χ3v) is 5.51. The second-order valence-electron chi connectivity index (χ2n) is 7.05. The van der Waals surface area contributed by atoms with Gasteiger partial charge in [-0.2, -0.15) is 0 Å². The van der Waals surface area contributed by atoms with Gasteiger partial charge in [0, 0.05) is 30.6 Å². The monoisotopic (exact) mass is 365 g/mol. The van der Waals surface area contributed by atoms with Crippen molar-refractivity contribution in [2.24, 2.45) is 5.92 Å². The van der Waals surface area contributed by atoms with Crippen molar-refractivity contribution in [3.8, 4) is 5.75 Å². The van der Waals surface area contributed by atoms with Crippen LogP contribution in [0.2, 0.25) is 5.02 Å². The van der Waals surface area contributed by atoms with Gasteiger partial charge in [0.05, 0.1) is 12.8 Å². The number of methoxy groups -OCH3 is 1. The summed E-state index contributed by atoms with van der Waals surface area (Å²) in [5.41, 5.74) is 1.00. The minimum atomic E-state index is 0.184. The lowest BCUT2D eigenvalue weighted by Crippen LogP contribution is -2.37. The van der Waals surface area contributed by atoms with E-state index in [-0.39, 0.29) is 11.9 Å². The minimum Gasteiger partial charge on any atom is -0.495 e. The second-order valence-corrected chi connectivity index (χ2v) is 7.48. The molecular formula is C19H28ClN3O2. The Morgan fingerprint density at radius 1 is 1.36 bits per heavy atom. The van der Waals surface area contributed by atoms with Gasteiger partial charge in [-0.3, -0.25) is 4.79 Å². The van der Waals surface area contributed by atoms with Crippen molar-refractivity contribution in [1.82, 2.24) is 10.6 Å². The largest absolute Gasteiger partial charge is 0.495 e. The fourth-order valence-corrected chi connectivity index (χ4v) is 3.98. The van der Waals surface area contributed by atoms with E-state index in [0.29, 0.717) is 17.4 Å². The number of halogens is 1. The second kappa shape index (κ2) is 8.77. The molecule has 0 spiro atoms. The maximum Gasteiger partial charge on any atom is 0.220 e. The molecule has 0 aromatic heterocycles. The van der Waals surface area contributed by atoms with E-state index in [4.69, 9.17) is 16.3 Å². The van der Waals surface area contributed by atoms with Crippen LogP contribution in [0.15, 0.2) is 18.2 Å². The Balaban J connectivity index is 1.47. The summed E-state index contributed by atoms with van der Waals surface area (Å²) < 4.78 is 5.44. The zero-order chi connectivity index (χ0) is 17.6. The van der Waals surface area contributed by atoms with Crippen LogP contribution in [-0.2, 0) is 4.79 Å². The molecule has 2 heterocycles. The van der Waals surface area contributed by atoms with Crippen molar-refractivity contribution in [3.63, 3.8) is 0 Å². The van der Waals surface area contributed by atoms with E-state index in [1.54, 1.807) is 7.11 Å². The predicted octanol–water partition coefficient (Wildman–Crippen LogP) is 2.82. The summed E-state index contributed by atoms with van der Waals surface area (Å²) >= 11 is 6.13. The van der Waals surface area contributed by atoms with Gasteiger partial charge in [0.2, 0.25) is 5.91 Å². The molecular weight excluding hydrogens is 338 g/mol. The van der Waals surface area contributed by atoms with E-state index in [1.165, 1.54) is 12.8 Å². The number of anilines is 1. The number of ether oxygens (including phenoxy) is 1. The molecule has 1 amide bonds. The molecule has 0 saturated carbocycles. The number of carbonyl (C=O) groups is 1. The van der Waals surface area contributed by atoms with Crippen LogP contribution in [0.4, 0.5) is 5.69 Å². The lowest BCUT2D eigenvalue weighted by atomic mass is 9.93. The summed E-state index contributed by atoms with van der Waals surface area (Å²) in [7, 11) is 1.67. The van der Waals surface area contributed by atoms with Crippen LogP contribution in [-0.4, -0.2) is 45.2 Å². The highest BCUT2D eigenvalue weighted by Gasteiger charge is 2.26. The Morgan fingerprint density at radius 3 is 2.92 bits per heavy atom. The van der Waals surface area contributed by atoms with Crippen LogP contribution in [0, 0.1) is 5.92 Å². The number of hydrogen-bond acceptors (Lipinski definition) is 4. The Labute approximate surface area is 155 Å². The maximum atomic E-state index is 12.3. The van der Waals surface area contributed by atoms with Gasteiger partial charge < -0.3 is 20.3 Å². The van der Waals surface area contributed by atoms with Gasteiger partial charge in [-0.15, -0.1) is 0 Å². The molecule has 2 saturated heterocycles. The molecule has 3 rings (SSSR count). The van der Waals surface area contributed by atoms with Crippen molar-refractivity contribution < 1.29 is 9.53 Å². The first kappa shape index (κ1) is 18.3. The SMILES string of the molecule is COc1ccc(Cl)cc1N1CCC(NC(=O)CCC2CCNCC2)C1. The fraction of sp³-hybridized carbons (Fsp3) is 0.632. The zero-order valence-corrected chi connectivity index (χ0v) is 15.6. The molecule has 0 aliphatic carbocycles. The van der Waals surface area contributed by atoms with E-state index in [1.807, 2.05) is 18.2 Å². The zero-order valence-electron chi connectivity index (χ0n) is 14.9. The van der Waals surface area contributed by atoms with Crippen LogP contribution in [0.5, 0.6) is 5.75 Å². The summed E-state index contributed by atoms with van der Waals surface area (Å²) in [4.78, 5) is 14.5. The average Bonchev–Trinajstić information content (AvgIpc) is 3.09. The van der Waals surface area contributed by atoms with Gasteiger partial charge in [0.25, 0.3) is 0 Å². The molecule has 1 aromatic carbocycles. The summed E-state index contributed by atoms with van der Waals surface area (Å²) in [6, 6.07) is 5.86. The number of carbonyl (C=O) groups excluding carboxylic acids is 1. The van der Waals surface area contributed by atoms with Gasteiger partial charge in [-0.05, 0) is 62.9 Å². The van der Waals surface area contributed by atoms with Gasteiger partial charge in [0.15, 0.2) is 0 Å². The van der Waals surface area contributed by atoms with Gasteiger partial charge in [-0.1, -0.05) is 11.6 Å². The number of hydrogen-bond donors (Lipinski definition) is 2. The van der Waals surface area contributed by atoms with Crippen LogP contribution < -0.4 is 20.3 Å². The molecule has 6 heteroatoms. The summed E-state index contributed by atoms with van der Waals surface area (Å²) in [6.07, 6.45) is 4.99. The van der Waals surface area contributed by atoms with Gasteiger partial charge in [0.1, 0.15) is 5.75 Å². The van der Waals surface area contributed by atoms with E-state index in [9.17, 15) is 4.79 Å². The van der Waals surface area contributed by atoms with Crippen LogP contribution in [0.25, 0.3) is 0 Å². The van der Waals surface area contributed by atoms with Crippen molar-refractivity contribution in [3.05, 3.63) is 23.2 Å². The van der Waals surface area contributed by atoms with E-state index in [0.717, 1.165) is 50.5 Å². The van der Waals surface area contributed by atoms with Crippen molar-refractivity contribution >= 4 is 23.2 Å². The van der Waals surface area contributed by atoms with Crippen molar-refractivity contribution in [2.75, 3.05) is 38.2 Å². The molecule has 25 heavy (non-hydrogen) atoms. The third-order valence-electron chi connectivity index (χ3n) is 5.27. The molecule has 2 aliphatic heterocycles. The highest BCUT2D eigenvalue weighted by molar-refractivity contribution is 6.30. The van der Waals surface area contributed by atoms with E-state index in [2.05, 4.69) is 15.5 Å². The Bertz CT molecular complexity index is 590. The Morgan fingerprint density at radius 2 is 2.16 bits per heavy atom.